The SMILES string of the molecule is c1cc2c3c4c5c(c6cccc7c6c6c5c(c3c1)SCS=6CS7)SCS=4CS2. The maximum Gasteiger partial charge on any atom is 0.0404 e. The van der Waals surface area contributed by atoms with E-state index < -0.39 is 0 Å². The summed E-state index contributed by atoms with van der Waals surface area (Å²) in [5, 5.41) is 14.7. The van der Waals surface area contributed by atoms with E-state index in [4.69, 9.17) is 0 Å². The molecule has 4 aromatic rings. The van der Waals surface area contributed by atoms with Gasteiger partial charge in [0.05, 0.1) is 0 Å². The fraction of sp³-hybridized carbons (Fsp3) is 0.182. The minimum atomic E-state index is 0.380. The molecular formula is C22H14S6. The fourth-order valence-electron chi connectivity index (χ4n) is 5.04. The standard InChI is InChI=1S/C22H14S6/c1-3-11-15-13(5-1)23-7-27-10-26-20-12-4-2-6-14-16(12)22-17(18(20)21(15)27)19(11)25-9-28(22)8-24-14/h1-6H,7-10H2. The zero-order valence-electron chi connectivity index (χ0n) is 14.7. The Morgan fingerprint density at radius 2 is 1.00 bits per heavy atom. The lowest BCUT2D eigenvalue weighted by Gasteiger charge is -2.31. The second-order valence-corrected chi connectivity index (χ2v) is 16.9. The van der Waals surface area contributed by atoms with E-state index in [1.165, 1.54) is 30.1 Å². The van der Waals surface area contributed by atoms with Gasteiger partial charge < -0.3 is 0 Å². The lowest BCUT2D eigenvalue weighted by atomic mass is 9.99. The molecule has 0 saturated heterocycles. The van der Waals surface area contributed by atoms with Gasteiger partial charge >= 0.3 is 0 Å². The molecule has 0 amide bonds. The highest BCUT2D eigenvalue weighted by atomic mass is 32.3. The molecule has 138 valence electrons. The lowest BCUT2D eigenvalue weighted by molar-refractivity contribution is 1.45. The van der Waals surface area contributed by atoms with E-state index in [0.717, 1.165) is 0 Å². The van der Waals surface area contributed by atoms with Gasteiger partial charge in [-0.05, 0) is 22.9 Å². The Morgan fingerprint density at radius 1 is 0.536 bits per heavy atom. The van der Waals surface area contributed by atoms with Crippen molar-refractivity contribution in [3.63, 3.8) is 0 Å². The van der Waals surface area contributed by atoms with Crippen LogP contribution in [0.2, 0.25) is 0 Å². The Morgan fingerprint density at radius 3 is 1.50 bits per heavy atom. The molecule has 4 aliphatic rings. The first kappa shape index (κ1) is 16.5. The summed E-state index contributed by atoms with van der Waals surface area (Å²) in [6.45, 7) is 0. The molecular weight excluding hydrogens is 457 g/mol. The monoisotopic (exact) mass is 470 g/mol. The molecule has 0 aromatic heterocycles. The summed E-state index contributed by atoms with van der Waals surface area (Å²) in [6.07, 6.45) is 0. The second-order valence-electron chi connectivity index (χ2n) is 7.46. The number of hydrogen-bond donors (Lipinski definition) is 0. The smallest absolute Gasteiger partial charge is 0.0404 e. The Bertz CT molecular complexity index is 1450. The molecule has 4 aliphatic heterocycles. The molecule has 0 saturated carbocycles. The van der Waals surface area contributed by atoms with E-state index in [1.807, 2.05) is 0 Å². The van der Waals surface area contributed by atoms with Gasteiger partial charge in [-0.1, -0.05) is 24.3 Å². The van der Waals surface area contributed by atoms with Crippen LogP contribution in [0.5, 0.6) is 0 Å². The largest absolute Gasteiger partial charge is 0.156 e. The molecule has 4 aromatic carbocycles. The fourth-order valence-corrected chi connectivity index (χ4v) is 17.6. The van der Waals surface area contributed by atoms with Crippen LogP contribution in [0.25, 0.3) is 32.3 Å². The van der Waals surface area contributed by atoms with Gasteiger partial charge in [0, 0.05) is 70.5 Å². The Balaban J connectivity index is 1.86. The highest BCUT2D eigenvalue weighted by molar-refractivity contribution is 8.29. The van der Waals surface area contributed by atoms with E-state index in [0.29, 0.717) is 21.0 Å². The van der Waals surface area contributed by atoms with Crippen LogP contribution in [-0.2, 0) is 0 Å². The van der Waals surface area contributed by atoms with Gasteiger partial charge in [0.25, 0.3) is 0 Å². The van der Waals surface area contributed by atoms with Crippen molar-refractivity contribution in [2.75, 3.05) is 20.3 Å². The lowest BCUT2D eigenvalue weighted by Crippen LogP contribution is -2.05. The first-order valence-electron chi connectivity index (χ1n) is 9.27. The van der Waals surface area contributed by atoms with Crippen molar-refractivity contribution in [2.24, 2.45) is 0 Å². The normalized spacial score (nSPS) is 24.0. The Hall–Kier alpha value is -0.240. The molecule has 0 fully saturated rings. The number of hydrogen-bond acceptors (Lipinski definition) is 4. The van der Waals surface area contributed by atoms with Gasteiger partial charge in [-0.15, -0.1) is 47.0 Å². The predicted octanol–water partition coefficient (Wildman–Crippen LogP) is 8.44. The number of fused-ring (bicyclic) bond motifs is 2. The van der Waals surface area contributed by atoms with Crippen LogP contribution >= 0.6 is 68.0 Å². The molecule has 2 unspecified atom stereocenters. The van der Waals surface area contributed by atoms with Crippen LogP contribution in [0, 0.1) is 9.02 Å². The van der Waals surface area contributed by atoms with Crippen molar-refractivity contribution in [1.29, 1.82) is 0 Å². The van der Waals surface area contributed by atoms with Crippen LogP contribution in [0.3, 0.4) is 0 Å². The van der Waals surface area contributed by atoms with Crippen molar-refractivity contribution in [3.8, 4) is 0 Å². The maximum absolute atomic E-state index is 2.41. The molecule has 28 heavy (non-hydrogen) atoms. The van der Waals surface area contributed by atoms with E-state index in [-0.39, 0.29) is 0 Å². The average Bonchev–Trinajstić information content (AvgIpc) is 2.76. The summed E-state index contributed by atoms with van der Waals surface area (Å²) < 4.78 is 3.45. The van der Waals surface area contributed by atoms with Crippen LogP contribution in [-0.4, -0.2) is 20.3 Å². The molecule has 8 rings (SSSR count). The second kappa shape index (κ2) is 5.71. The van der Waals surface area contributed by atoms with E-state index in [1.54, 1.807) is 51.1 Å². The zero-order chi connectivity index (χ0) is 18.0. The molecule has 0 N–H and O–H groups in total. The average molecular weight is 471 g/mol. The summed E-state index contributed by atoms with van der Waals surface area (Å²) in [4.78, 5) is 6.23. The third kappa shape index (κ3) is 1.88. The van der Waals surface area contributed by atoms with Crippen LogP contribution in [0.1, 0.15) is 0 Å². The van der Waals surface area contributed by atoms with Gasteiger partial charge in [-0.25, -0.2) is 0 Å². The first-order chi connectivity index (χ1) is 13.9. The molecule has 0 spiro atoms. The quantitative estimate of drug-likeness (QED) is 0.187. The summed E-state index contributed by atoms with van der Waals surface area (Å²) in [5.74, 6) is 0. The first-order valence-corrected chi connectivity index (χ1v) is 16.3. The third-order valence-corrected chi connectivity index (χ3v) is 17.3. The molecule has 0 radical (unpaired) electrons. The van der Waals surface area contributed by atoms with Gasteiger partial charge in [0.15, 0.2) is 0 Å². The molecule has 2 atom stereocenters. The summed E-state index contributed by atoms with van der Waals surface area (Å²) in [6, 6.07) is 14.1. The maximum atomic E-state index is 2.41. The van der Waals surface area contributed by atoms with Crippen molar-refractivity contribution in [2.45, 2.75) is 19.6 Å². The van der Waals surface area contributed by atoms with Crippen molar-refractivity contribution >= 4 is 100 Å². The minimum Gasteiger partial charge on any atom is -0.156 e. The molecule has 0 nitrogen and oxygen atoms in total. The van der Waals surface area contributed by atoms with Crippen LogP contribution < -0.4 is 0 Å². The highest BCUT2D eigenvalue weighted by Crippen LogP contribution is 2.59. The van der Waals surface area contributed by atoms with Gasteiger partial charge in [0.1, 0.15) is 0 Å². The number of benzene rings is 4. The summed E-state index contributed by atoms with van der Waals surface area (Å²) in [5.41, 5.74) is 0. The van der Waals surface area contributed by atoms with Gasteiger partial charge in [-0.3, -0.25) is 0 Å². The van der Waals surface area contributed by atoms with Crippen molar-refractivity contribution < 1.29 is 0 Å². The molecule has 0 bridgehead atoms. The Labute approximate surface area is 184 Å². The van der Waals surface area contributed by atoms with E-state index >= 15 is 0 Å². The van der Waals surface area contributed by atoms with Gasteiger partial charge in [0.2, 0.25) is 0 Å². The number of thioether (sulfide) groups is 4. The van der Waals surface area contributed by atoms with Crippen LogP contribution in [0.15, 0.2) is 56.0 Å². The summed E-state index contributed by atoms with van der Waals surface area (Å²) in [7, 11) is 0.761. The minimum absolute atomic E-state index is 0.380. The molecule has 0 aliphatic carbocycles. The topological polar surface area (TPSA) is 0 Å². The van der Waals surface area contributed by atoms with Crippen molar-refractivity contribution in [1.82, 2.24) is 0 Å². The molecule has 6 heteroatoms. The predicted molar refractivity (Wildman–Crippen MR) is 135 cm³/mol. The van der Waals surface area contributed by atoms with Crippen molar-refractivity contribution in [3.05, 3.63) is 45.4 Å². The summed E-state index contributed by atoms with van der Waals surface area (Å²) >= 11 is 8.50. The third-order valence-electron chi connectivity index (χ3n) is 6.14. The Kier molecular flexibility index (Phi) is 3.36. The van der Waals surface area contributed by atoms with Gasteiger partial charge in [-0.2, -0.15) is 21.0 Å². The molecule has 4 heterocycles. The highest BCUT2D eigenvalue weighted by Gasteiger charge is 2.30. The number of rotatable bonds is 0. The van der Waals surface area contributed by atoms with E-state index in [2.05, 4.69) is 83.4 Å². The van der Waals surface area contributed by atoms with Crippen LogP contribution in [0.4, 0.5) is 0 Å². The van der Waals surface area contributed by atoms with E-state index in [9.17, 15) is 0 Å². The zero-order valence-corrected chi connectivity index (χ0v) is 19.6.